The van der Waals surface area contributed by atoms with Crippen LogP contribution in [-0.2, 0) is 16.0 Å². The van der Waals surface area contributed by atoms with Gasteiger partial charge < -0.3 is 9.64 Å². The highest BCUT2D eigenvalue weighted by Gasteiger charge is 2.47. The van der Waals surface area contributed by atoms with Crippen molar-refractivity contribution < 1.29 is 9.53 Å². The molecule has 122 valence electrons. The molecular formula is C18H27NO2S. The maximum atomic E-state index is 12.6. The number of ether oxygens (including phenoxy) is 1. The normalized spacial score (nSPS) is 30.9. The number of hydrogen-bond acceptors (Lipinski definition) is 3. The number of likely N-dealkylation sites (tertiary alicyclic amines) is 1. The lowest BCUT2D eigenvalue weighted by molar-refractivity contribution is -0.214. The minimum atomic E-state index is -0.0575. The predicted molar refractivity (Wildman–Crippen MR) is 90.3 cm³/mol. The number of fused-ring (bicyclic) bond motifs is 1. The molecule has 3 nitrogen and oxygen atoms in total. The minimum absolute atomic E-state index is 0.0219. The molecule has 0 radical (unpaired) electrons. The van der Waals surface area contributed by atoms with Gasteiger partial charge in [-0.2, -0.15) is 0 Å². The first-order valence-corrected chi connectivity index (χ1v) is 9.12. The Morgan fingerprint density at radius 3 is 2.82 bits per heavy atom. The summed E-state index contributed by atoms with van der Waals surface area (Å²) in [6.07, 6.45) is 3.75. The van der Waals surface area contributed by atoms with Crippen LogP contribution < -0.4 is 0 Å². The van der Waals surface area contributed by atoms with Crippen molar-refractivity contribution in [1.82, 2.24) is 4.90 Å². The molecule has 3 rings (SSSR count). The molecule has 2 atom stereocenters. The van der Waals surface area contributed by atoms with Crippen LogP contribution in [0.5, 0.6) is 0 Å². The van der Waals surface area contributed by atoms with Crippen LogP contribution in [0.1, 0.15) is 49.8 Å². The predicted octanol–water partition coefficient (Wildman–Crippen LogP) is 3.80. The number of aryl methyl sites for hydroxylation is 1. The van der Waals surface area contributed by atoms with Crippen molar-refractivity contribution in [3.8, 4) is 0 Å². The van der Waals surface area contributed by atoms with Gasteiger partial charge in [0.2, 0.25) is 5.91 Å². The van der Waals surface area contributed by atoms with Gasteiger partial charge in [-0.15, -0.1) is 11.3 Å². The van der Waals surface area contributed by atoms with E-state index in [0.29, 0.717) is 12.3 Å². The summed E-state index contributed by atoms with van der Waals surface area (Å²) in [7, 11) is 0. The van der Waals surface area contributed by atoms with E-state index in [1.807, 2.05) is 0 Å². The van der Waals surface area contributed by atoms with Crippen LogP contribution in [-0.4, -0.2) is 35.1 Å². The molecule has 0 aliphatic carbocycles. The van der Waals surface area contributed by atoms with Gasteiger partial charge in [-0.25, -0.2) is 0 Å². The van der Waals surface area contributed by atoms with Crippen molar-refractivity contribution in [2.24, 2.45) is 5.92 Å². The molecule has 2 fully saturated rings. The monoisotopic (exact) mass is 321 g/mol. The zero-order valence-corrected chi connectivity index (χ0v) is 15.0. The number of carbonyl (C=O) groups excluding carboxylic acids is 1. The van der Waals surface area contributed by atoms with E-state index >= 15 is 0 Å². The summed E-state index contributed by atoms with van der Waals surface area (Å²) < 4.78 is 6.38. The molecule has 3 heterocycles. The summed E-state index contributed by atoms with van der Waals surface area (Å²) in [5, 5.41) is 0. The SMILES string of the molecule is Cc1ccc(CC(=O)N2CC[C@@]3(C)OC(C)(C)CC[C@H]3C2)s1. The molecule has 0 N–H and O–H groups in total. The molecule has 2 aliphatic rings. The van der Waals surface area contributed by atoms with Crippen molar-refractivity contribution in [1.29, 1.82) is 0 Å². The lowest BCUT2D eigenvalue weighted by atomic mass is 9.74. The van der Waals surface area contributed by atoms with Gasteiger partial charge in [-0.05, 0) is 59.1 Å². The molecule has 0 saturated carbocycles. The van der Waals surface area contributed by atoms with Gasteiger partial charge in [0, 0.05) is 28.8 Å². The molecule has 2 aliphatic heterocycles. The van der Waals surface area contributed by atoms with Crippen LogP contribution in [0.25, 0.3) is 0 Å². The molecule has 22 heavy (non-hydrogen) atoms. The van der Waals surface area contributed by atoms with Gasteiger partial charge in [0.05, 0.1) is 17.6 Å². The smallest absolute Gasteiger partial charge is 0.227 e. The Balaban J connectivity index is 1.63. The standard InChI is InChI=1S/C18H27NO2S/c1-13-5-6-15(22-13)11-16(20)19-10-9-18(4)14(12-19)7-8-17(2,3)21-18/h5-6,14H,7-12H2,1-4H3/t14-,18+/m0/s1. The van der Waals surface area contributed by atoms with E-state index in [2.05, 4.69) is 44.7 Å². The Kier molecular flexibility index (Phi) is 4.11. The summed E-state index contributed by atoms with van der Waals surface area (Å²) in [5.41, 5.74) is -0.0794. The van der Waals surface area contributed by atoms with E-state index in [0.717, 1.165) is 32.4 Å². The fourth-order valence-corrected chi connectivity index (χ4v) is 4.80. The highest BCUT2D eigenvalue weighted by atomic mass is 32.1. The zero-order valence-electron chi connectivity index (χ0n) is 14.1. The van der Waals surface area contributed by atoms with E-state index in [4.69, 9.17) is 4.74 Å². The lowest BCUT2D eigenvalue weighted by Crippen LogP contribution is -2.58. The van der Waals surface area contributed by atoms with Crippen molar-refractivity contribution in [3.63, 3.8) is 0 Å². The van der Waals surface area contributed by atoms with Crippen LogP contribution in [0.15, 0.2) is 12.1 Å². The molecule has 0 bridgehead atoms. The van der Waals surface area contributed by atoms with Crippen LogP contribution >= 0.6 is 11.3 Å². The van der Waals surface area contributed by atoms with Crippen molar-refractivity contribution in [3.05, 3.63) is 21.9 Å². The topological polar surface area (TPSA) is 29.5 Å². The fraction of sp³-hybridized carbons (Fsp3) is 0.722. The molecule has 0 spiro atoms. The van der Waals surface area contributed by atoms with Crippen LogP contribution in [0, 0.1) is 12.8 Å². The van der Waals surface area contributed by atoms with Crippen LogP contribution in [0.2, 0.25) is 0 Å². The molecular weight excluding hydrogens is 294 g/mol. The van der Waals surface area contributed by atoms with E-state index < -0.39 is 0 Å². The van der Waals surface area contributed by atoms with Gasteiger partial charge in [0.15, 0.2) is 0 Å². The molecule has 1 aromatic rings. The third kappa shape index (κ3) is 3.23. The van der Waals surface area contributed by atoms with E-state index in [-0.39, 0.29) is 17.1 Å². The molecule has 1 amide bonds. The maximum Gasteiger partial charge on any atom is 0.227 e. The molecule has 1 aromatic heterocycles. The van der Waals surface area contributed by atoms with Crippen molar-refractivity contribution >= 4 is 17.2 Å². The number of piperidine rings is 1. The second-order valence-corrected chi connectivity index (χ2v) is 9.06. The van der Waals surface area contributed by atoms with E-state index in [9.17, 15) is 4.79 Å². The van der Waals surface area contributed by atoms with Gasteiger partial charge in [-0.1, -0.05) is 0 Å². The summed E-state index contributed by atoms with van der Waals surface area (Å²) in [6.45, 7) is 10.4. The number of amides is 1. The number of hydrogen-bond donors (Lipinski definition) is 0. The first-order valence-electron chi connectivity index (χ1n) is 8.31. The summed E-state index contributed by atoms with van der Waals surface area (Å²) in [4.78, 5) is 17.1. The Morgan fingerprint density at radius 2 is 2.14 bits per heavy atom. The molecule has 0 aromatic carbocycles. The largest absolute Gasteiger partial charge is 0.369 e. The Hall–Kier alpha value is -0.870. The zero-order chi connectivity index (χ0) is 16.0. The lowest BCUT2D eigenvalue weighted by Gasteiger charge is -2.53. The second kappa shape index (κ2) is 5.64. The Bertz CT molecular complexity index is 565. The first kappa shape index (κ1) is 16.0. The summed E-state index contributed by atoms with van der Waals surface area (Å²) in [6, 6.07) is 4.18. The van der Waals surface area contributed by atoms with Crippen molar-refractivity contribution in [2.75, 3.05) is 13.1 Å². The Labute approximate surface area is 137 Å². The third-order valence-electron chi connectivity index (χ3n) is 5.26. The average molecular weight is 321 g/mol. The van der Waals surface area contributed by atoms with Crippen molar-refractivity contribution in [2.45, 2.75) is 64.6 Å². The average Bonchev–Trinajstić information content (AvgIpc) is 2.81. The van der Waals surface area contributed by atoms with E-state index in [1.54, 1.807) is 11.3 Å². The molecule has 4 heteroatoms. The van der Waals surface area contributed by atoms with Gasteiger partial charge >= 0.3 is 0 Å². The van der Waals surface area contributed by atoms with E-state index in [1.165, 1.54) is 9.75 Å². The minimum Gasteiger partial charge on any atom is -0.369 e. The summed E-state index contributed by atoms with van der Waals surface area (Å²) >= 11 is 1.73. The fourth-order valence-electron chi connectivity index (χ4n) is 3.91. The molecule has 2 saturated heterocycles. The highest BCUT2D eigenvalue weighted by Crippen LogP contribution is 2.43. The van der Waals surface area contributed by atoms with Gasteiger partial charge in [-0.3, -0.25) is 4.79 Å². The first-order chi connectivity index (χ1) is 10.3. The quantitative estimate of drug-likeness (QED) is 0.829. The number of thiophene rings is 1. The molecule has 0 unspecified atom stereocenters. The van der Waals surface area contributed by atoms with Gasteiger partial charge in [0.1, 0.15) is 0 Å². The summed E-state index contributed by atoms with van der Waals surface area (Å²) in [5.74, 6) is 0.747. The Morgan fingerprint density at radius 1 is 1.36 bits per heavy atom. The highest BCUT2D eigenvalue weighted by molar-refractivity contribution is 7.12. The van der Waals surface area contributed by atoms with Gasteiger partial charge in [0.25, 0.3) is 0 Å². The number of nitrogens with zero attached hydrogens (tertiary/aromatic N) is 1. The van der Waals surface area contributed by atoms with Crippen LogP contribution in [0.3, 0.4) is 0 Å². The third-order valence-corrected chi connectivity index (χ3v) is 6.26. The van der Waals surface area contributed by atoms with Crippen LogP contribution in [0.4, 0.5) is 0 Å². The number of carbonyl (C=O) groups is 1. The maximum absolute atomic E-state index is 12.6. The number of rotatable bonds is 2. The second-order valence-electron chi connectivity index (χ2n) is 7.69.